The van der Waals surface area contributed by atoms with Crippen molar-refractivity contribution < 1.29 is 39.9 Å². The van der Waals surface area contributed by atoms with Gasteiger partial charge < -0.3 is 16.2 Å². The lowest BCUT2D eigenvalue weighted by Crippen LogP contribution is -2.02. The van der Waals surface area contributed by atoms with Gasteiger partial charge in [0, 0.05) is 32.7 Å². The van der Waals surface area contributed by atoms with E-state index < -0.39 is 20.2 Å². The molecule has 0 aliphatic carbocycles. The largest absolute Gasteiger partial charge is 0.492 e. The Bertz CT molecular complexity index is 3500. The highest BCUT2D eigenvalue weighted by Gasteiger charge is 2.20. The topological polar surface area (TPSA) is 262 Å². The van der Waals surface area contributed by atoms with Crippen LogP contribution in [0.2, 0.25) is 0 Å². The summed E-state index contributed by atoms with van der Waals surface area (Å²) < 4.78 is 86.0. The van der Waals surface area contributed by atoms with Gasteiger partial charge in [0.15, 0.2) is 6.29 Å². The van der Waals surface area contributed by atoms with Crippen LogP contribution in [0, 0.1) is 19.7 Å². The second-order valence-corrected chi connectivity index (χ2v) is 18.1. The molecule has 0 aliphatic heterocycles. The van der Waals surface area contributed by atoms with Gasteiger partial charge in [-0.2, -0.15) is 16.8 Å². The number of fused-ring (bicyclic) bond motifs is 2. The fourth-order valence-electron chi connectivity index (χ4n) is 7.20. The maximum atomic E-state index is 13.3. The van der Waals surface area contributed by atoms with E-state index in [1.54, 1.807) is 91.9 Å². The summed E-state index contributed by atoms with van der Waals surface area (Å²) in [6.07, 6.45) is 5.58. The van der Waals surface area contributed by atoms with Crippen LogP contribution in [0.25, 0.3) is 44.1 Å². The first-order valence-corrected chi connectivity index (χ1v) is 23.7. The van der Waals surface area contributed by atoms with Gasteiger partial charge in [-0.25, -0.2) is 4.39 Å². The number of ether oxygens (including phenoxy) is 1. The number of carbonyl (C=O) groups excluding carboxylic acids is 1. The number of nitrogens with two attached hydrogens (primary N) is 2. The molecule has 0 amide bonds. The third-order valence-corrected chi connectivity index (χ3v) is 12.3. The Morgan fingerprint density at radius 2 is 1.13 bits per heavy atom. The van der Waals surface area contributed by atoms with E-state index in [0.717, 1.165) is 35.8 Å². The number of benzene rings is 6. The van der Waals surface area contributed by atoms with Gasteiger partial charge in [-0.15, -0.1) is 20.5 Å². The molecule has 0 bridgehead atoms. The second-order valence-electron chi connectivity index (χ2n) is 15.4. The predicted molar refractivity (Wildman–Crippen MR) is 273 cm³/mol. The third kappa shape index (κ3) is 12.1. The lowest BCUT2D eigenvalue weighted by molar-refractivity contribution is 0.111. The Morgan fingerprint density at radius 3 is 1.56 bits per heavy atom. The van der Waals surface area contributed by atoms with E-state index in [2.05, 4.69) is 37.3 Å². The molecule has 2 heterocycles. The number of halogens is 1. The molecule has 0 saturated carbocycles. The Hall–Kier alpha value is -7.84. The smallest absolute Gasteiger partial charge is 0.295 e. The molecule has 0 fully saturated rings. The number of nitrogen functional groups attached to an aromatic ring is 2. The minimum Gasteiger partial charge on any atom is -0.492 e. The quantitative estimate of drug-likeness (QED) is 0.0276. The first kappa shape index (κ1) is 53.1. The molecule has 6 N–H and O–H groups in total. The van der Waals surface area contributed by atoms with Gasteiger partial charge in [0.2, 0.25) is 0 Å². The Balaban J connectivity index is 0.000000257. The molecule has 0 saturated heterocycles. The van der Waals surface area contributed by atoms with E-state index in [9.17, 15) is 35.1 Å². The molecule has 6 aromatic carbocycles. The van der Waals surface area contributed by atoms with Crippen molar-refractivity contribution in [3.8, 4) is 28.3 Å². The van der Waals surface area contributed by atoms with Crippen LogP contribution in [0.1, 0.15) is 56.1 Å². The molecular weight excluding hydrogens is 936 g/mol. The van der Waals surface area contributed by atoms with Crippen molar-refractivity contribution >= 4 is 82.2 Å². The van der Waals surface area contributed by atoms with E-state index in [-0.39, 0.29) is 58.6 Å². The summed E-state index contributed by atoms with van der Waals surface area (Å²) in [5.41, 5.74) is 18.7. The highest BCUT2D eigenvalue weighted by Crippen LogP contribution is 2.39. The molecular formula is C51H51FN8O8S2. The summed E-state index contributed by atoms with van der Waals surface area (Å²) >= 11 is 0. The second kappa shape index (κ2) is 22.5. The van der Waals surface area contributed by atoms with E-state index in [1.165, 1.54) is 36.7 Å². The van der Waals surface area contributed by atoms with Crippen molar-refractivity contribution in [1.29, 1.82) is 0 Å². The van der Waals surface area contributed by atoms with Crippen molar-refractivity contribution in [3.63, 3.8) is 0 Å². The SMILES string of the molecule is C.C.CCCCOc1c(C=O)cc(C)cc1-c1ccc(N=Nc2cc(S(=O)(=O)O)c3ccccc3c2N)cn1.Cc1cc(F)ccc1-c1ccc(N=Nc2cc(S(=O)(=O)O)c3ccccc3c2N)cn1. The molecule has 0 radical (unpaired) electrons. The highest BCUT2D eigenvalue weighted by atomic mass is 32.2. The van der Waals surface area contributed by atoms with Crippen molar-refractivity contribution in [1.82, 2.24) is 9.97 Å². The summed E-state index contributed by atoms with van der Waals surface area (Å²) in [6.45, 7) is 6.23. The number of azo groups is 2. The summed E-state index contributed by atoms with van der Waals surface area (Å²) in [5.74, 6) is 0.168. The van der Waals surface area contributed by atoms with Gasteiger partial charge in [0.05, 0.1) is 47.3 Å². The van der Waals surface area contributed by atoms with Crippen LogP contribution in [0.3, 0.4) is 0 Å². The van der Waals surface area contributed by atoms with Crippen molar-refractivity contribution in [2.45, 2.75) is 58.3 Å². The van der Waals surface area contributed by atoms with E-state index in [0.29, 0.717) is 62.4 Å². The first-order chi connectivity index (χ1) is 32.5. The minimum absolute atomic E-state index is 0. The Kier molecular flexibility index (Phi) is 17.1. The maximum absolute atomic E-state index is 13.3. The standard InChI is InChI=1S/C27H26N4O5S.C22H17FN4O3S.2CH4/c1-3-4-11-36-27-18(16-32)12-17(2)13-22(27)23-10-9-19(15-29-23)30-31-24-14-25(37(33,34)35)20-7-5-6-8-21(20)26(24)28;1-13-10-14(23)6-8-16(13)19-9-7-15(12-25-19)26-27-20-11-21(31(28,29)30)17-4-2-3-5-18(17)22(20)24;;/h5-10,12-16H,3-4,11,28H2,1-2H3,(H,33,34,35);2-12H,24H2,1H3,(H,28,29,30);2*1H4. The molecule has 2 aromatic heterocycles. The van der Waals surface area contributed by atoms with Crippen LogP contribution >= 0.6 is 0 Å². The van der Waals surface area contributed by atoms with Crippen molar-refractivity contribution in [2.75, 3.05) is 18.1 Å². The number of unbranched alkanes of at least 4 members (excludes halogenated alkanes) is 1. The molecule has 0 atom stereocenters. The zero-order chi connectivity index (χ0) is 48.8. The summed E-state index contributed by atoms with van der Waals surface area (Å²) in [7, 11) is -9.01. The number of aromatic nitrogens is 2. The third-order valence-electron chi connectivity index (χ3n) is 10.5. The van der Waals surface area contributed by atoms with E-state index in [1.807, 2.05) is 13.0 Å². The van der Waals surface area contributed by atoms with Crippen LogP contribution in [0.5, 0.6) is 5.75 Å². The van der Waals surface area contributed by atoms with Gasteiger partial charge in [-0.1, -0.05) is 76.7 Å². The van der Waals surface area contributed by atoms with Crippen molar-refractivity contribution in [2.24, 2.45) is 20.5 Å². The molecule has 16 nitrogen and oxygen atoms in total. The lowest BCUT2D eigenvalue weighted by Gasteiger charge is -2.14. The van der Waals surface area contributed by atoms with Gasteiger partial charge in [-0.3, -0.25) is 23.9 Å². The molecule has 19 heteroatoms. The molecule has 0 unspecified atom stereocenters. The van der Waals surface area contributed by atoms with Gasteiger partial charge in [-0.05, 0) is 98.1 Å². The number of nitrogens with zero attached hydrogens (tertiary/aromatic N) is 6. The molecule has 8 rings (SSSR count). The maximum Gasteiger partial charge on any atom is 0.295 e. The normalized spacial score (nSPS) is 11.5. The zero-order valence-electron chi connectivity index (χ0n) is 36.7. The minimum atomic E-state index is -4.52. The van der Waals surface area contributed by atoms with Crippen molar-refractivity contribution in [3.05, 3.63) is 150 Å². The summed E-state index contributed by atoms with van der Waals surface area (Å²) in [6, 6.07) is 30.4. The highest BCUT2D eigenvalue weighted by molar-refractivity contribution is 7.86. The average Bonchev–Trinajstić information content (AvgIpc) is 3.31. The fourth-order valence-corrected chi connectivity index (χ4v) is 8.63. The number of aryl methyl sites for hydroxylation is 2. The zero-order valence-corrected chi connectivity index (χ0v) is 38.3. The lowest BCUT2D eigenvalue weighted by atomic mass is 10.0. The average molecular weight is 987 g/mol. The van der Waals surface area contributed by atoms with Crippen LogP contribution in [-0.4, -0.2) is 48.8 Å². The monoisotopic (exact) mass is 986 g/mol. The first-order valence-electron chi connectivity index (χ1n) is 20.8. The number of anilines is 2. The van der Waals surface area contributed by atoms with Crippen LogP contribution < -0.4 is 16.2 Å². The van der Waals surface area contributed by atoms with Crippen LogP contribution in [0.4, 0.5) is 38.5 Å². The summed E-state index contributed by atoms with van der Waals surface area (Å²) in [5, 5.41) is 17.9. The summed E-state index contributed by atoms with van der Waals surface area (Å²) in [4.78, 5) is 19.9. The fraction of sp³-hybridized carbons (Fsp3) is 0.157. The number of hydrogen-bond acceptors (Lipinski definition) is 14. The number of rotatable bonds is 13. The molecule has 0 spiro atoms. The van der Waals surface area contributed by atoms with Crippen LogP contribution in [-0.2, 0) is 20.2 Å². The number of pyridine rings is 2. The van der Waals surface area contributed by atoms with E-state index >= 15 is 0 Å². The number of hydrogen-bond donors (Lipinski definition) is 4. The number of aldehydes is 1. The Labute approximate surface area is 405 Å². The van der Waals surface area contributed by atoms with Gasteiger partial charge >= 0.3 is 0 Å². The van der Waals surface area contributed by atoms with E-state index in [4.69, 9.17) is 16.2 Å². The molecule has 70 heavy (non-hydrogen) atoms. The molecule has 362 valence electrons. The van der Waals surface area contributed by atoms with Gasteiger partial charge in [0.25, 0.3) is 20.2 Å². The molecule has 0 aliphatic rings. The van der Waals surface area contributed by atoms with Gasteiger partial charge in [0.1, 0.15) is 44.1 Å². The molecule has 8 aromatic rings. The Morgan fingerprint density at radius 1 is 0.643 bits per heavy atom. The van der Waals surface area contributed by atoms with Crippen LogP contribution in [0.15, 0.2) is 158 Å². The number of carbonyl (C=O) groups is 1. The predicted octanol–water partition coefficient (Wildman–Crippen LogP) is 13.3.